The average molecular weight is 461 g/mol. The van der Waals surface area contributed by atoms with Gasteiger partial charge in [-0.05, 0) is 48.4 Å². The van der Waals surface area contributed by atoms with Crippen LogP contribution in [0.15, 0.2) is 16.6 Å². The Labute approximate surface area is 179 Å². The molecule has 1 amide bonds. The van der Waals surface area contributed by atoms with Crippen molar-refractivity contribution in [2.75, 3.05) is 0 Å². The van der Waals surface area contributed by atoms with Crippen LogP contribution in [0.5, 0.6) is 0 Å². The first kappa shape index (κ1) is 24.4. The standard InChI is InChI=1S/C20H26F2N2O4S2/c1-10(2)12-7-14(21)18(22)17(11(3)4)13(12)8-16(25)24-30(27,28)19-23-9-15(29-19)20(5,6)26/h7,9-11,26H,8H2,1-6H3,(H,24,25). The monoisotopic (exact) mass is 460 g/mol. The zero-order valence-electron chi connectivity index (χ0n) is 17.7. The molecule has 0 atom stereocenters. The highest BCUT2D eigenvalue weighted by molar-refractivity contribution is 7.92. The van der Waals surface area contributed by atoms with Crippen molar-refractivity contribution in [3.63, 3.8) is 0 Å². The number of sulfonamides is 1. The fourth-order valence-electron chi connectivity index (χ4n) is 3.07. The maximum Gasteiger partial charge on any atom is 0.291 e. The third-order valence-corrected chi connectivity index (χ3v) is 7.58. The SMILES string of the molecule is CC(C)c1cc(F)c(F)c(C(C)C)c1CC(=O)NS(=O)(=O)c1ncc(C(C)(C)O)s1. The quantitative estimate of drug-likeness (QED) is 0.652. The van der Waals surface area contributed by atoms with E-state index >= 15 is 0 Å². The third-order valence-electron chi connectivity index (χ3n) is 4.50. The van der Waals surface area contributed by atoms with Crippen LogP contribution in [0.3, 0.4) is 0 Å². The van der Waals surface area contributed by atoms with Crippen LogP contribution in [0, 0.1) is 11.6 Å². The van der Waals surface area contributed by atoms with Crippen molar-refractivity contribution in [3.8, 4) is 0 Å². The van der Waals surface area contributed by atoms with Crippen molar-refractivity contribution in [1.82, 2.24) is 9.71 Å². The molecule has 0 saturated carbocycles. The van der Waals surface area contributed by atoms with Crippen LogP contribution >= 0.6 is 11.3 Å². The Kier molecular flexibility index (Phi) is 7.05. The second-order valence-corrected chi connectivity index (χ2v) is 11.1. The fraction of sp³-hybridized carbons (Fsp3) is 0.500. The predicted octanol–water partition coefficient (Wildman–Crippen LogP) is 3.94. The number of aliphatic hydroxyl groups is 1. The van der Waals surface area contributed by atoms with Gasteiger partial charge in [-0.25, -0.2) is 18.5 Å². The molecule has 0 radical (unpaired) electrons. The smallest absolute Gasteiger partial charge is 0.291 e. The zero-order valence-corrected chi connectivity index (χ0v) is 19.3. The highest BCUT2D eigenvalue weighted by Gasteiger charge is 2.28. The number of amides is 1. The number of nitrogens with zero attached hydrogens (tertiary/aromatic N) is 1. The molecule has 166 valence electrons. The first-order valence-electron chi connectivity index (χ1n) is 9.40. The van der Waals surface area contributed by atoms with Crippen LogP contribution in [0.25, 0.3) is 0 Å². The topological polar surface area (TPSA) is 96.4 Å². The Hall–Kier alpha value is -1.91. The van der Waals surface area contributed by atoms with Gasteiger partial charge < -0.3 is 5.11 Å². The summed E-state index contributed by atoms with van der Waals surface area (Å²) in [4.78, 5) is 16.7. The normalized spacial score (nSPS) is 12.6. The van der Waals surface area contributed by atoms with Crippen LogP contribution in [-0.2, 0) is 26.8 Å². The lowest BCUT2D eigenvalue weighted by atomic mass is 9.86. The molecule has 0 bridgehead atoms. The van der Waals surface area contributed by atoms with E-state index in [1.807, 2.05) is 4.72 Å². The summed E-state index contributed by atoms with van der Waals surface area (Å²) in [6, 6.07) is 1.05. The van der Waals surface area contributed by atoms with Gasteiger partial charge in [-0.1, -0.05) is 27.7 Å². The van der Waals surface area contributed by atoms with Gasteiger partial charge in [-0.15, -0.1) is 11.3 Å². The fourth-order valence-corrected chi connectivity index (χ4v) is 5.21. The van der Waals surface area contributed by atoms with Gasteiger partial charge in [0.05, 0.1) is 16.9 Å². The van der Waals surface area contributed by atoms with Crippen LogP contribution in [-0.4, -0.2) is 24.4 Å². The minimum atomic E-state index is -4.27. The van der Waals surface area contributed by atoms with E-state index in [4.69, 9.17) is 0 Å². The summed E-state index contributed by atoms with van der Waals surface area (Å²) in [5.41, 5.74) is -0.490. The zero-order chi connectivity index (χ0) is 23.0. The molecule has 2 aromatic rings. The first-order chi connectivity index (χ1) is 13.6. The largest absolute Gasteiger partial charge is 0.385 e. The minimum Gasteiger partial charge on any atom is -0.385 e. The Morgan fingerprint density at radius 1 is 1.23 bits per heavy atom. The van der Waals surface area contributed by atoms with Crippen molar-refractivity contribution < 1.29 is 27.1 Å². The van der Waals surface area contributed by atoms with Gasteiger partial charge >= 0.3 is 0 Å². The van der Waals surface area contributed by atoms with Crippen molar-refractivity contribution in [2.24, 2.45) is 0 Å². The number of carbonyl (C=O) groups is 1. The molecule has 0 aliphatic heterocycles. The molecule has 6 nitrogen and oxygen atoms in total. The average Bonchev–Trinajstić information content (AvgIpc) is 3.08. The van der Waals surface area contributed by atoms with E-state index < -0.39 is 45.5 Å². The number of rotatable bonds is 7. The second kappa shape index (κ2) is 8.68. The van der Waals surface area contributed by atoms with E-state index in [-0.39, 0.29) is 21.4 Å². The van der Waals surface area contributed by atoms with Crippen LogP contribution in [0.4, 0.5) is 8.78 Å². The van der Waals surface area contributed by atoms with Crippen molar-refractivity contribution >= 4 is 27.3 Å². The predicted molar refractivity (Wildman–Crippen MR) is 111 cm³/mol. The lowest BCUT2D eigenvalue weighted by Gasteiger charge is -2.20. The summed E-state index contributed by atoms with van der Waals surface area (Å²) in [7, 11) is -4.27. The van der Waals surface area contributed by atoms with E-state index in [1.54, 1.807) is 27.7 Å². The van der Waals surface area contributed by atoms with Gasteiger partial charge in [0.15, 0.2) is 11.6 Å². The maximum atomic E-state index is 14.5. The van der Waals surface area contributed by atoms with E-state index in [0.29, 0.717) is 10.4 Å². The Morgan fingerprint density at radius 3 is 2.30 bits per heavy atom. The van der Waals surface area contributed by atoms with Crippen LogP contribution < -0.4 is 4.72 Å². The number of benzene rings is 1. The number of hydrogen-bond donors (Lipinski definition) is 2. The molecular formula is C20H26F2N2O4S2. The van der Waals surface area contributed by atoms with E-state index in [1.165, 1.54) is 20.0 Å². The number of nitrogens with one attached hydrogen (secondary N) is 1. The van der Waals surface area contributed by atoms with Crippen molar-refractivity contribution in [2.45, 2.75) is 69.7 Å². The van der Waals surface area contributed by atoms with Crippen LogP contribution in [0.2, 0.25) is 0 Å². The van der Waals surface area contributed by atoms with Gasteiger partial charge in [0.2, 0.25) is 10.2 Å². The van der Waals surface area contributed by atoms with E-state index in [0.717, 1.165) is 17.4 Å². The highest BCUT2D eigenvalue weighted by Crippen LogP contribution is 2.33. The lowest BCUT2D eigenvalue weighted by molar-refractivity contribution is -0.118. The summed E-state index contributed by atoms with van der Waals surface area (Å²) in [6.45, 7) is 9.88. The van der Waals surface area contributed by atoms with Crippen LogP contribution in [0.1, 0.15) is 74.9 Å². The highest BCUT2D eigenvalue weighted by atomic mass is 32.2. The molecule has 2 rings (SSSR count). The molecule has 10 heteroatoms. The molecule has 30 heavy (non-hydrogen) atoms. The van der Waals surface area contributed by atoms with Crippen molar-refractivity contribution in [3.05, 3.63) is 45.5 Å². The van der Waals surface area contributed by atoms with Gasteiger partial charge in [-0.2, -0.15) is 8.42 Å². The molecule has 0 aliphatic carbocycles. The van der Waals surface area contributed by atoms with Gasteiger partial charge in [0.25, 0.3) is 10.0 Å². The van der Waals surface area contributed by atoms with E-state index in [9.17, 15) is 27.1 Å². The number of carbonyl (C=O) groups excluding carboxylic acids is 1. The molecular weight excluding hydrogens is 434 g/mol. The molecule has 1 heterocycles. The maximum absolute atomic E-state index is 14.5. The van der Waals surface area contributed by atoms with Gasteiger partial charge in [-0.3, -0.25) is 4.79 Å². The first-order valence-corrected chi connectivity index (χ1v) is 11.7. The van der Waals surface area contributed by atoms with Gasteiger partial charge in [0.1, 0.15) is 0 Å². The lowest BCUT2D eigenvalue weighted by Crippen LogP contribution is -2.32. The molecule has 0 saturated heterocycles. The van der Waals surface area contributed by atoms with Crippen molar-refractivity contribution in [1.29, 1.82) is 0 Å². The molecule has 0 unspecified atom stereocenters. The summed E-state index contributed by atoms with van der Waals surface area (Å²) < 4.78 is 55.2. The Bertz CT molecular complexity index is 1060. The van der Waals surface area contributed by atoms with E-state index in [2.05, 4.69) is 4.98 Å². The summed E-state index contributed by atoms with van der Waals surface area (Å²) >= 11 is 0.742. The molecule has 0 aliphatic rings. The second-order valence-electron chi connectivity index (χ2n) is 8.22. The molecule has 0 spiro atoms. The summed E-state index contributed by atoms with van der Waals surface area (Å²) in [5.74, 6) is -3.53. The Morgan fingerprint density at radius 2 is 1.83 bits per heavy atom. The number of aromatic nitrogens is 1. The van der Waals surface area contributed by atoms with Gasteiger partial charge in [0, 0.05) is 6.20 Å². The number of halogens is 2. The number of thiazole rings is 1. The Balaban J connectivity index is 2.38. The number of hydrogen-bond acceptors (Lipinski definition) is 6. The minimum absolute atomic E-state index is 0.0600. The molecule has 0 fully saturated rings. The summed E-state index contributed by atoms with van der Waals surface area (Å²) in [5, 5.41) is 9.98. The molecule has 1 aromatic heterocycles. The summed E-state index contributed by atoms with van der Waals surface area (Å²) in [6.07, 6.45) is 0.800. The molecule has 1 aromatic carbocycles. The third kappa shape index (κ3) is 5.22. The molecule has 2 N–H and O–H groups in total.